The van der Waals surface area contributed by atoms with E-state index in [9.17, 15) is 8.42 Å². The minimum atomic E-state index is -3.74. The Labute approximate surface area is 122 Å². The van der Waals surface area contributed by atoms with Crippen LogP contribution in [0.1, 0.15) is 11.1 Å². The predicted molar refractivity (Wildman–Crippen MR) is 82.1 cm³/mol. The van der Waals surface area contributed by atoms with E-state index in [-0.39, 0.29) is 4.90 Å². The Bertz CT molecular complexity index is 828. The van der Waals surface area contributed by atoms with Crippen LogP contribution in [0.2, 0.25) is 0 Å². The van der Waals surface area contributed by atoms with Gasteiger partial charge in [0.1, 0.15) is 0 Å². The lowest BCUT2D eigenvalue weighted by Crippen LogP contribution is -2.18. The third kappa shape index (κ3) is 1.92. The normalized spacial score (nSPS) is 13.9. The van der Waals surface area contributed by atoms with Crippen LogP contribution in [0.3, 0.4) is 0 Å². The Morgan fingerprint density at radius 1 is 1.05 bits per heavy atom. The van der Waals surface area contributed by atoms with E-state index in [1.54, 1.807) is 12.1 Å². The minimum absolute atomic E-state index is 0.0897. The van der Waals surface area contributed by atoms with Gasteiger partial charge in [0.25, 0.3) is 9.05 Å². The first-order valence-electron chi connectivity index (χ1n) is 6.01. The number of rotatable bonds is 1. The number of anilines is 2. The average molecular weight is 306 g/mol. The Hall–Kier alpha value is -1.78. The van der Waals surface area contributed by atoms with Crippen molar-refractivity contribution in [2.45, 2.75) is 4.90 Å². The van der Waals surface area contributed by atoms with Gasteiger partial charge in [-0.1, -0.05) is 24.8 Å². The maximum atomic E-state index is 11.5. The van der Waals surface area contributed by atoms with Gasteiger partial charge in [0, 0.05) is 40.2 Å². The number of fused-ring (bicyclic) bond motifs is 2. The lowest BCUT2D eigenvalue weighted by atomic mass is 9.92. The lowest BCUT2D eigenvalue weighted by Gasteiger charge is -2.31. The van der Waals surface area contributed by atoms with Crippen LogP contribution in [0, 0.1) is 0 Å². The van der Waals surface area contributed by atoms with Gasteiger partial charge in [0.2, 0.25) is 0 Å². The van der Waals surface area contributed by atoms with Gasteiger partial charge in [-0.2, -0.15) is 0 Å². The maximum absolute atomic E-state index is 11.5. The molecule has 0 N–H and O–H groups in total. The minimum Gasteiger partial charge on any atom is -0.344 e. The number of benzene rings is 2. The number of nitrogens with zero attached hydrogens (tertiary/aromatic N) is 1. The highest BCUT2D eigenvalue weighted by Crippen LogP contribution is 2.43. The molecule has 0 unspecified atom stereocenters. The highest BCUT2D eigenvalue weighted by molar-refractivity contribution is 8.13. The molecule has 1 heterocycles. The van der Waals surface area contributed by atoms with Crippen LogP contribution in [0.4, 0.5) is 11.4 Å². The Balaban J connectivity index is 2.26. The fourth-order valence-corrected chi connectivity index (χ4v) is 3.27. The van der Waals surface area contributed by atoms with Crippen LogP contribution in [0.25, 0.3) is 5.57 Å². The summed E-state index contributed by atoms with van der Waals surface area (Å²) in [5, 5.41) is 0. The van der Waals surface area contributed by atoms with Crippen LogP contribution >= 0.6 is 10.7 Å². The summed E-state index contributed by atoms with van der Waals surface area (Å²) >= 11 is 0. The summed E-state index contributed by atoms with van der Waals surface area (Å²) in [4.78, 5) is 2.11. The van der Waals surface area contributed by atoms with E-state index in [2.05, 4.69) is 6.58 Å². The lowest BCUT2D eigenvalue weighted by molar-refractivity contribution is 0.609. The molecule has 0 saturated heterocycles. The third-order valence-electron chi connectivity index (χ3n) is 3.53. The van der Waals surface area contributed by atoms with Crippen molar-refractivity contribution < 1.29 is 8.42 Å². The van der Waals surface area contributed by atoms with Gasteiger partial charge in [0.15, 0.2) is 0 Å². The van der Waals surface area contributed by atoms with Gasteiger partial charge in [0.05, 0.1) is 4.90 Å². The van der Waals surface area contributed by atoms with Crippen molar-refractivity contribution in [2.75, 3.05) is 11.9 Å². The molecule has 0 aromatic heterocycles. The average Bonchev–Trinajstić information content (AvgIpc) is 2.43. The first kappa shape index (κ1) is 13.2. The molecule has 3 rings (SSSR count). The fraction of sp³-hybridized carbons (Fsp3) is 0.0667. The van der Waals surface area contributed by atoms with Crippen LogP contribution in [0.5, 0.6) is 0 Å². The van der Waals surface area contributed by atoms with Gasteiger partial charge in [-0.05, 0) is 29.8 Å². The quantitative estimate of drug-likeness (QED) is 0.753. The molecule has 102 valence electrons. The summed E-state index contributed by atoms with van der Waals surface area (Å²) in [5.41, 5.74) is 4.54. The summed E-state index contributed by atoms with van der Waals surface area (Å²) in [7, 11) is 3.62. The molecule has 1 aliphatic heterocycles. The van der Waals surface area contributed by atoms with Crippen molar-refractivity contribution in [3.05, 3.63) is 60.2 Å². The maximum Gasteiger partial charge on any atom is 0.261 e. The number of hydrogen-bond donors (Lipinski definition) is 0. The molecule has 1 aliphatic rings. The number of hydrogen-bond acceptors (Lipinski definition) is 3. The topological polar surface area (TPSA) is 37.4 Å². The molecule has 0 aliphatic carbocycles. The fourth-order valence-electron chi connectivity index (χ4n) is 2.50. The Morgan fingerprint density at radius 2 is 1.70 bits per heavy atom. The first-order chi connectivity index (χ1) is 9.39. The zero-order valence-electron chi connectivity index (χ0n) is 10.8. The highest BCUT2D eigenvalue weighted by atomic mass is 35.7. The standard InChI is InChI=1S/C15H12ClNO2S/c1-10-12-5-3-4-6-14(12)17(2)15-8-7-11(9-13(10)15)20(16,18)19/h3-9H,1H2,2H3. The van der Waals surface area contributed by atoms with E-state index in [0.717, 1.165) is 28.1 Å². The monoisotopic (exact) mass is 305 g/mol. The van der Waals surface area contributed by atoms with Crippen molar-refractivity contribution >= 4 is 36.7 Å². The summed E-state index contributed by atoms with van der Waals surface area (Å²) < 4.78 is 22.9. The van der Waals surface area contributed by atoms with E-state index in [1.807, 2.05) is 36.2 Å². The summed E-state index contributed by atoms with van der Waals surface area (Å²) in [5.74, 6) is 0. The van der Waals surface area contributed by atoms with Gasteiger partial charge >= 0.3 is 0 Å². The van der Waals surface area contributed by atoms with E-state index in [0.29, 0.717) is 0 Å². The van der Waals surface area contributed by atoms with Gasteiger partial charge < -0.3 is 4.90 Å². The first-order valence-corrected chi connectivity index (χ1v) is 8.31. The van der Waals surface area contributed by atoms with E-state index in [4.69, 9.17) is 10.7 Å². The molecule has 0 spiro atoms. The van der Waals surface area contributed by atoms with Gasteiger partial charge in [-0.15, -0.1) is 0 Å². The molecule has 0 atom stereocenters. The largest absolute Gasteiger partial charge is 0.344 e. The molecule has 0 radical (unpaired) electrons. The van der Waals surface area contributed by atoms with Crippen molar-refractivity contribution in [2.24, 2.45) is 0 Å². The number of halogens is 1. The molecule has 2 aromatic carbocycles. The van der Waals surface area contributed by atoms with Gasteiger partial charge in [-0.25, -0.2) is 8.42 Å². The van der Waals surface area contributed by atoms with Crippen molar-refractivity contribution in [3.8, 4) is 0 Å². The molecule has 20 heavy (non-hydrogen) atoms. The van der Waals surface area contributed by atoms with Crippen molar-refractivity contribution in [1.82, 2.24) is 0 Å². The van der Waals surface area contributed by atoms with E-state index >= 15 is 0 Å². The molecule has 0 saturated carbocycles. The van der Waals surface area contributed by atoms with Crippen LogP contribution in [0.15, 0.2) is 53.9 Å². The highest BCUT2D eigenvalue weighted by Gasteiger charge is 2.24. The van der Waals surface area contributed by atoms with Crippen molar-refractivity contribution in [3.63, 3.8) is 0 Å². The zero-order chi connectivity index (χ0) is 14.5. The van der Waals surface area contributed by atoms with Crippen LogP contribution in [-0.2, 0) is 9.05 Å². The molecule has 0 bridgehead atoms. The van der Waals surface area contributed by atoms with Gasteiger partial charge in [-0.3, -0.25) is 0 Å². The molecular formula is C15H12ClNO2S. The second kappa shape index (κ2) is 4.36. The molecule has 2 aromatic rings. The van der Waals surface area contributed by atoms with E-state index < -0.39 is 9.05 Å². The Morgan fingerprint density at radius 3 is 2.40 bits per heavy atom. The smallest absolute Gasteiger partial charge is 0.261 e. The van der Waals surface area contributed by atoms with Crippen LogP contribution < -0.4 is 4.90 Å². The number of para-hydroxylation sites is 1. The van der Waals surface area contributed by atoms with Crippen LogP contribution in [-0.4, -0.2) is 15.5 Å². The Kier molecular flexibility index (Phi) is 2.88. The summed E-state index contributed by atoms with van der Waals surface area (Å²) in [6.45, 7) is 4.09. The summed E-state index contributed by atoms with van der Waals surface area (Å²) in [6.07, 6.45) is 0. The molecular weight excluding hydrogens is 294 g/mol. The SMILES string of the molecule is C=C1c2ccccc2N(C)c2ccc(S(=O)(=O)Cl)cc21. The van der Waals surface area contributed by atoms with Crippen molar-refractivity contribution in [1.29, 1.82) is 0 Å². The molecule has 0 amide bonds. The second-order valence-electron chi connectivity index (χ2n) is 4.67. The second-order valence-corrected chi connectivity index (χ2v) is 7.24. The predicted octanol–water partition coefficient (Wildman–Crippen LogP) is 3.76. The molecule has 3 nitrogen and oxygen atoms in total. The van der Waals surface area contributed by atoms with E-state index in [1.165, 1.54) is 6.07 Å². The third-order valence-corrected chi connectivity index (χ3v) is 4.88. The zero-order valence-corrected chi connectivity index (χ0v) is 12.4. The molecule has 0 fully saturated rings. The summed E-state index contributed by atoms with van der Waals surface area (Å²) in [6, 6.07) is 12.7. The molecule has 5 heteroatoms.